The molecule has 10 saturated heterocycles. The Morgan fingerprint density at radius 3 is 1.17 bits per heavy atom. The number of carboxylic acid groups (broad SMARTS) is 1. The average Bonchev–Trinajstić information content (AvgIpc) is 0.763. The summed E-state index contributed by atoms with van der Waals surface area (Å²) in [5.74, 6) is -10.6. The summed E-state index contributed by atoms with van der Waals surface area (Å²) in [7, 11) is 0. The van der Waals surface area contributed by atoms with Crippen LogP contribution in [0.5, 0.6) is 0 Å². The van der Waals surface area contributed by atoms with Crippen molar-refractivity contribution in [3.8, 4) is 0 Å². The normalized spacial score (nSPS) is 45.5. The second-order valence-electron chi connectivity index (χ2n) is 35.8. The van der Waals surface area contributed by atoms with Gasteiger partial charge in [-0.15, -0.1) is 0 Å². The molecule has 64 nitrogen and oxygen atoms in total. The Bertz CT molecular complexity index is 3970. The third-order valence-electron chi connectivity index (χ3n) is 25.7. The molecule has 10 aliphatic heterocycles. The van der Waals surface area contributed by atoms with Crippen molar-refractivity contribution in [1.82, 2.24) is 26.6 Å². The molecular formula is C79H133N5O59. The number of amides is 5. The van der Waals surface area contributed by atoms with Crippen molar-refractivity contribution in [2.75, 3.05) is 79.3 Å². The number of ether oxygens (including phenoxy) is 20. The number of aliphatic carboxylic acids is 1. The standard InChI is InChI=1S/C79H133N5O59/c1-19-41(102)52(113)57(118)72(127-19)124-16-27(100)61(42(103)24(7-85)80-20(2)94)136-69-38(81-21(3)95)49(110)64(33(14-92)131-69)139-75-60(121)66(140-77-68(56(117)46(107)30(11-89)130-77)142-71-40(83-23(5)97)51(112)62(31(12-90)133-71)137-73-58(119)53(114)44(105)28(9-87)128-73)48(109)34(134-75)17-125-76-67(55(116)45(106)29(10-88)129-76)141-70-39(82-22(4)96)50(111)63(32(13-91)132-70)138-74-59(120)54(115)47(108)35(135-74)18-126-79(78(122)123)6-25(98)37(84-36(101)15-93)65(143-79)43(104)26(99)8-86/h19,24-35,37-77,85-93,98-100,102-121H,6-18H2,1-5H3,(H,80,94)(H,81,95)(H,82,96)(H,83,97)(H,84,101)(H,122,123)/t19-,24-,25-,26+,27+,28+,29+,30+,31+,32+,33+,34+,35+,37+,38+,39+,40+,41+,42+,43+,44-,45+,46+,47-,48+,49+,50+,51+,52+,53-,54-,55-,56-,57-,58+,59+,60-,61+,62+,63+,64+,65+,66-,67-,68-,69-,70-,71-,72+,73-,74-,75-,76-,77+,79+/m0/s1. The molecule has 0 bridgehead atoms. The lowest BCUT2D eigenvalue weighted by Gasteiger charge is -2.51. The Labute approximate surface area is 808 Å². The van der Waals surface area contributed by atoms with Gasteiger partial charge in [-0.1, -0.05) is 0 Å². The summed E-state index contributed by atoms with van der Waals surface area (Å²) >= 11 is 0. The summed E-state index contributed by atoms with van der Waals surface area (Å²) in [4.78, 5) is 77.5. The zero-order chi connectivity index (χ0) is 106. The molecule has 0 saturated carbocycles. The first-order chi connectivity index (χ1) is 67.4. The molecule has 0 spiro atoms. The van der Waals surface area contributed by atoms with Crippen LogP contribution in [-0.4, -0.2) is 620 Å². The van der Waals surface area contributed by atoms with E-state index < -0.39 is 458 Å². The van der Waals surface area contributed by atoms with Gasteiger partial charge in [-0.25, -0.2) is 4.79 Å². The van der Waals surface area contributed by atoms with E-state index in [2.05, 4.69) is 26.6 Å². The monoisotopic (exact) mass is 2100 g/mol. The van der Waals surface area contributed by atoms with Crippen LogP contribution in [0.1, 0.15) is 41.0 Å². The summed E-state index contributed by atoms with van der Waals surface area (Å²) in [5.41, 5.74) is 0. The van der Waals surface area contributed by atoms with E-state index in [0.29, 0.717) is 0 Å². The molecule has 38 N–H and O–H groups in total. The van der Waals surface area contributed by atoms with Crippen LogP contribution in [0.3, 0.4) is 0 Å². The van der Waals surface area contributed by atoms with Crippen LogP contribution in [0.25, 0.3) is 0 Å². The fraction of sp³-hybridized carbons (Fsp3) is 0.924. The minimum atomic E-state index is -3.18. The molecule has 0 unspecified atom stereocenters. The number of aliphatic hydroxyl groups excluding tert-OH is 32. The largest absolute Gasteiger partial charge is 0.477 e. The van der Waals surface area contributed by atoms with E-state index in [9.17, 15) is 197 Å². The van der Waals surface area contributed by atoms with Crippen LogP contribution in [-0.2, 0) is 124 Å². The fourth-order valence-electron chi connectivity index (χ4n) is 17.9. The molecule has 64 heteroatoms. The summed E-state index contributed by atoms with van der Waals surface area (Å²) in [6.45, 7) is -9.87. The second kappa shape index (κ2) is 52.7. The van der Waals surface area contributed by atoms with Crippen LogP contribution in [0.2, 0.25) is 0 Å². The summed E-state index contributed by atoms with van der Waals surface area (Å²) < 4.78 is 118. The van der Waals surface area contributed by atoms with Crippen LogP contribution in [0, 0.1) is 0 Å². The molecule has 55 atom stereocenters. The van der Waals surface area contributed by atoms with Crippen LogP contribution < -0.4 is 26.6 Å². The van der Waals surface area contributed by atoms with E-state index >= 15 is 0 Å². The lowest BCUT2D eigenvalue weighted by Crippen LogP contribution is -2.70. The molecule has 0 aromatic heterocycles. The Hall–Kier alpha value is -5.26. The lowest BCUT2D eigenvalue weighted by atomic mass is 9.88. The van der Waals surface area contributed by atoms with E-state index in [1.807, 2.05) is 0 Å². The first-order valence-electron chi connectivity index (χ1n) is 45.2. The lowest BCUT2D eigenvalue weighted by molar-refractivity contribution is -0.398. The van der Waals surface area contributed by atoms with Crippen LogP contribution in [0.4, 0.5) is 0 Å². The van der Waals surface area contributed by atoms with Crippen molar-refractivity contribution in [3.05, 3.63) is 0 Å². The van der Waals surface area contributed by atoms with Gasteiger partial charge in [-0.2, -0.15) is 0 Å². The highest BCUT2D eigenvalue weighted by Crippen LogP contribution is 2.42. The molecule has 0 aliphatic carbocycles. The van der Waals surface area contributed by atoms with Gasteiger partial charge in [0.2, 0.25) is 29.5 Å². The minimum absolute atomic E-state index is 0.851. The maximum atomic E-state index is 13.3. The molecule has 0 aromatic carbocycles. The molecule has 10 aliphatic rings. The van der Waals surface area contributed by atoms with Gasteiger partial charge >= 0.3 is 5.97 Å². The maximum Gasteiger partial charge on any atom is 0.364 e. The third-order valence-corrected chi connectivity index (χ3v) is 25.7. The first-order valence-corrected chi connectivity index (χ1v) is 45.2. The van der Waals surface area contributed by atoms with Crippen LogP contribution in [0.15, 0.2) is 0 Å². The van der Waals surface area contributed by atoms with Gasteiger partial charge in [-0.3, -0.25) is 24.0 Å². The van der Waals surface area contributed by atoms with Gasteiger partial charge in [0.25, 0.3) is 5.79 Å². The van der Waals surface area contributed by atoms with Crippen molar-refractivity contribution in [2.45, 2.75) is 378 Å². The quantitative estimate of drug-likeness (QED) is 0.0270. The smallest absolute Gasteiger partial charge is 0.364 e. The van der Waals surface area contributed by atoms with Crippen molar-refractivity contribution in [3.63, 3.8) is 0 Å². The van der Waals surface area contributed by atoms with Gasteiger partial charge in [-0.05, 0) is 6.92 Å². The van der Waals surface area contributed by atoms with Crippen molar-refractivity contribution in [1.29, 1.82) is 0 Å². The highest BCUT2D eigenvalue weighted by molar-refractivity contribution is 5.78. The number of aliphatic hydroxyl groups is 32. The minimum Gasteiger partial charge on any atom is -0.477 e. The predicted octanol–water partition coefficient (Wildman–Crippen LogP) is -25.4. The molecule has 828 valence electrons. The number of rotatable bonds is 43. The number of hydrogen-bond acceptors (Lipinski definition) is 58. The van der Waals surface area contributed by atoms with E-state index in [0.717, 1.165) is 27.7 Å². The number of carboxylic acids is 1. The van der Waals surface area contributed by atoms with Gasteiger partial charge in [0.1, 0.15) is 257 Å². The Balaban J connectivity index is 0.970. The molecule has 5 amide bonds. The highest BCUT2D eigenvalue weighted by Gasteiger charge is 2.63. The molecule has 143 heavy (non-hydrogen) atoms. The second-order valence-corrected chi connectivity index (χ2v) is 35.8. The number of nitrogens with one attached hydrogen (secondary N) is 5. The van der Waals surface area contributed by atoms with Crippen molar-refractivity contribution in [2.24, 2.45) is 0 Å². The summed E-state index contributed by atoms with van der Waals surface area (Å²) in [6, 6.07) is -9.95. The topological polar surface area (TPSA) is 1010 Å². The first kappa shape index (κ1) is 120. The molecule has 10 fully saturated rings. The molecule has 10 heterocycles. The predicted molar refractivity (Wildman–Crippen MR) is 440 cm³/mol. The van der Waals surface area contributed by atoms with E-state index in [-0.39, 0.29) is 0 Å². The molecule has 10 rings (SSSR count). The fourth-order valence-corrected chi connectivity index (χ4v) is 17.9. The number of carbonyl (C=O) groups excluding carboxylic acids is 5. The molecule has 0 aromatic rings. The maximum absolute atomic E-state index is 13.3. The van der Waals surface area contributed by atoms with Crippen molar-refractivity contribution < 1.29 is 292 Å². The zero-order valence-electron chi connectivity index (χ0n) is 76.7. The number of carbonyl (C=O) groups is 6. The van der Waals surface area contributed by atoms with Gasteiger partial charge in [0, 0.05) is 34.1 Å². The Morgan fingerprint density at radius 2 is 0.734 bits per heavy atom. The SMILES string of the molecule is CC(=O)N[C@H]1[C@H](O[C@@H]([C@H](O)[C@H](CO)NC(C)=O)[C@H](O)CO[C@@H]2O[C@@H](C)[C@@H](O)[C@@H](O)[C@@H]2O)O[C@H](CO)[C@@H](O[C@@H]2O[C@H](CO[C@H]3O[C@H](CO)[C@@H](O)[C@H](O)[C@@H]3O[C@@H]3O[C@H](CO)[C@@H](O[C@@H]4O[C@H](CO[C@]5(C(=O)O)C[C@H](O)[C@@H](NC(=O)CO)[C@H]([C@H](O)[C@H](O)CO)O5)[C@H](O)[C@H](O)[C@H]4O)[C@H](O)[C@H]3NC(C)=O)[C@@H](O)[C@H](O[C@H]3O[C@H](CO)[C@@H](O)[C@H](O)[C@@H]3O[C@@H]3O[C@H](CO)[C@@H](O[C@@H]4O[C@H](CO)[C@H](O)[C@H](O)[C@H]4O)[C@H](O)[C@H]3NC(C)=O)[C@@H]2O)[C@@H]1O. The molecular weight excluding hydrogens is 1960 g/mol. The van der Waals surface area contributed by atoms with Crippen molar-refractivity contribution >= 4 is 35.5 Å². The average molecular weight is 2100 g/mol. The Kier molecular flexibility index (Phi) is 44.0. The van der Waals surface area contributed by atoms with E-state index in [4.69, 9.17) is 94.7 Å². The summed E-state index contributed by atoms with van der Waals surface area (Å²) in [6.07, 6.45) is -110. The molecule has 0 radical (unpaired) electrons. The zero-order valence-corrected chi connectivity index (χ0v) is 76.7. The van der Waals surface area contributed by atoms with Gasteiger partial charge < -0.3 is 290 Å². The van der Waals surface area contributed by atoms with Gasteiger partial charge in [0.15, 0.2) is 56.6 Å². The Morgan fingerprint density at radius 1 is 0.350 bits per heavy atom. The van der Waals surface area contributed by atoms with Gasteiger partial charge in [0.05, 0.1) is 97.0 Å². The highest BCUT2D eigenvalue weighted by atomic mass is 16.8. The van der Waals surface area contributed by atoms with Crippen LogP contribution >= 0.6 is 0 Å². The third kappa shape index (κ3) is 27.4. The number of hydrogen-bond donors (Lipinski definition) is 38. The van der Waals surface area contributed by atoms with E-state index in [1.165, 1.54) is 6.92 Å². The van der Waals surface area contributed by atoms with E-state index in [1.54, 1.807) is 0 Å². The summed E-state index contributed by atoms with van der Waals surface area (Å²) in [5, 5.41) is 380.